The van der Waals surface area contributed by atoms with Crippen LogP contribution in [0.5, 0.6) is 5.75 Å². The van der Waals surface area contributed by atoms with Gasteiger partial charge in [-0.2, -0.15) is 5.10 Å². The summed E-state index contributed by atoms with van der Waals surface area (Å²) in [4.78, 5) is 33.3. The number of aryl methyl sites for hydroxylation is 1. The molecule has 2 saturated carbocycles. The first kappa shape index (κ1) is 35.4. The summed E-state index contributed by atoms with van der Waals surface area (Å²) in [5.41, 5.74) is 4.48. The van der Waals surface area contributed by atoms with E-state index in [1.807, 2.05) is 41.0 Å². The minimum absolute atomic E-state index is 0.0804. The summed E-state index contributed by atoms with van der Waals surface area (Å²) in [7, 11) is 1.71. The fourth-order valence-corrected chi connectivity index (χ4v) is 7.15. The Morgan fingerprint density at radius 2 is 1.79 bits per heavy atom. The number of nitrogens with one attached hydrogen (secondary N) is 1. The van der Waals surface area contributed by atoms with Gasteiger partial charge in [0.1, 0.15) is 24.3 Å². The standard InChI is InChI=1S/C38H52FN5O4/c1-6-33(21-39)42-38(46)48-34-14-11-29(12-15-34)37(45)43(36-20-31(17-18-40-36)32-22-41-44(24-32)25(2)3)23-27-7-9-28(10-8-27)30-13-16-35(47-5)26(4)19-30/h13,16-20,22,24-25,27-29,33-34H,6-12,14-15,21,23H2,1-5H3,(H,42,46). The van der Waals surface area contributed by atoms with Crippen molar-refractivity contribution in [1.29, 1.82) is 0 Å². The molecule has 260 valence electrons. The molecule has 0 bridgehead atoms. The average Bonchev–Trinajstić information content (AvgIpc) is 3.61. The third-order valence-corrected chi connectivity index (χ3v) is 10.2. The Bertz CT molecular complexity index is 1510. The van der Waals surface area contributed by atoms with Crippen LogP contribution in [0.25, 0.3) is 11.1 Å². The molecule has 1 aromatic carbocycles. The first-order valence-corrected chi connectivity index (χ1v) is 17.7. The number of methoxy groups -OCH3 is 1. The van der Waals surface area contributed by atoms with Crippen molar-refractivity contribution >= 4 is 17.8 Å². The van der Waals surface area contributed by atoms with Crippen LogP contribution in [0.2, 0.25) is 0 Å². The van der Waals surface area contributed by atoms with E-state index in [4.69, 9.17) is 14.5 Å². The maximum absolute atomic E-state index is 14.3. The molecule has 5 rings (SSSR count). The molecule has 2 aromatic heterocycles. The number of rotatable bonds is 12. The zero-order valence-corrected chi connectivity index (χ0v) is 29.2. The Balaban J connectivity index is 1.29. The van der Waals surface area contributed by atoms with Crippen LogP contribution >= 0.6 is 0 Å². The summed E-state index contributed by atoms with van der Waals surface area (Å²) in [5, 5.41) is 7.12. The van der Waals surface area contributed by atoms with Gasteiger partial charge < -0.3 is 14.8 Å². The molecule has 9 nitrogen and oxygen atoms in total. The van der Waals surface area contributed by atoms with Crippen LogP contribution in [-0.4, -0.2) is 59.2 Å². The molecule has 2 aliphatic rings. The Kier molecular flexibility index (Phi) is 12.1. The first-order chi connectivity index (χ1) is 23.2. The Morgan fingerprint density at radius 3 is 2.42 bits per heavy atom. The highest BCUT2D eigenvalue weighted by Gasteiger charge is 2.34. The number of aromatic nitrogens is 3. The summed E-state index contributed by atoms with van der Waals surface area (Å²) in [6.07, 6.45) is 12.0. The van der Waals surface area contributed by atoms with E-state index in [1.54, 1.807) is 13.3 Å². The van der Waals surface area contributed by atoms with Crippen molar-refractivity contribution in [3.8, 4) is 16.9 Å². The molecule has 0 aliphatic heterocycles. The molecule has 3 aromatic rings. The molecule has 2 fully saturated rings. The third-order valence-electron chi connectivity index (χ3n) is 10.2. The maximum atomic E-state index is 14.3. The van der Waals surface area contributed by atoms with Gasteiger partial charge in [0.05, 0.1) is 19.3 Å². The number of nitrogens with zero attached hydrogens (tertiary/aromatic N) is 4. The van der Waals surface area contributed by atoms with Crippen LogP contribution in [-0.2, 0) is 9.53 Å². The molecule has 0 radical (unpaired) electrons. The maximum Gasteiger partial charge on any atom is 0.407 e. The van der Waals surface area contributed by atoms with Crippen molar-refractivity contribution in [2.24, 2.45) is 11.8 Å². The minimum Gasteiger partial charge on any atom is -0.496 e. The molecule has 1 N–H and O–H groups in total. The lowest BCUT2D eigenvalue weighted by molar-refractivity contribution is -0.124. The summed E-state index contributed by atoms with van der Waals surface area (Å²) in [6.45, 7) is 8.10. The number of carbonyl (C=O) groups is 2. The van der Waals surface area contributed by atoms with Crippen LogP contribution in [0.15, 0.2) is 48.9 Å². The van der Waals surface area contributed by atoms with Crippen LogP contribution in [0, 0.1) is 18.8 Å². The molecule has 48 heavy (non-hydrogen) atoms. The van der Waals surface area contributed by atoms with Gasteiger partial charge in [-0.1, -0.05) is 19.1 Å². The molecule has 10 heteroatoms. The number of hydrogen-bond donors (Lipinski definition) is 1. The van der Waals surface area contributed by atoms with Gasteiger partial charge in [0.25, 0.3) is 0 Å². The smallest absolute Gasteiger partial charge is 0.407 e. The second-order valence-electron chi connectivity index (χ2n) is 13.9. The number of anilines is 1. The van der Waals surface area contributed by atoms with Gasteiger partial charge in [-0.15, -0.1) is 0 Å². The molecule has 0 spiro atoms. The summed E-state index contributed by atoms with van der Waals surface area (Å²) < 4.78 is 26.1. The fourth-order valence-electron chi connectivity index (χ4n) is 7.15. The van der Waals surface area contributed by atoms with Crippen LogP contribution < -0.4 is 15.0 Å². The van der Waals surface area contributed by atoms with E-state index in [2.05, 4.69) is 49.4 Å². The van der Waals surface area contributed by atoms with Gasteiger partial charge >= 0.3 is 6.09 Å². The summed E-state index contributed by atoms with van der Waals surface area (Å²) in [6, 6.07) is 10.2. The predicted molar refractivity (Wildman–Crippen MR) is 186 cm³/mol. The predicted octanol–water partition coefficient (Wildman–Crippen LogP) is 8.18. The number of halogens is 1. The number of alkyl carbamates (subject to hydrolysis) is 1. The average molecular weight is 662 g/mol. The van der Waals surface area contributed by atoms with Crippen LogP contribution in [0.1, 0.15) is 102 Å². The Morgan fingerprint density at radius 1 is 1.04 bits per heavy atom. The third kappa shape index (κ3) is 8.74. The number of alkyl halides is 1. The van der Waals surface area contributed by atoms with Crippen LogP contribution in [0.4, 0.5) is 15.0 Å². The molecular formula is C38H52FN5O4. The van der Waals surface area contributed by atoms with E-state index >= 15 is 0 Å². The van der Waals surface area contributed by atoms with Gasteiger partial charge in [-0.25, -0.2) is 14.2 Å². The zero-order chi connectivity index (χ0) is 34.2. The van der Waals surface area contributed by atoms with Gasteiger partial charge in [0, 0.05) is 36.5 Å². The number of pyridine rings is 1. The van der Waals surface area contributed by atoms with Crippen molar-refractivity contribution in [1.82, 2.24) is 20.1 Å². The van der Waals surface area contributed by atoms with Crippen LogP contribution in [0.3, 0.4) is 0 Å². The molecule has 0 saturated heterocycles. The highest BCUT2D eigenvalue weighted by molar-refractivity contribution is 5.94. The fraction of sp³-hybridized carbons (Fsp3) is 0.579. The van der Waals surface area contributed by atoms with Crippen molar-refractivity contribution < 1.29 is 23.5 Å². The highest BCUT2D eigenvalue weighted by atomic mass is 19.1. The number of benzene rings is 1. The summed E-state index contributed by atoms with van der Waals surface area (Å²) in [5.74, 6) is 2.34. The Labute approximate surface area is 284 Å². The van der Waals surface area contributed by atoms with Gasteiger partial charge in [0.15, 0.2) is 0 Å². The van der Waals surface area contributed by atoms with Crippen molar-refractivity contribution in [2.45, 2.75) is 110 Å². The largest absolute Gasteiger partial charge is 0.496 e. The quantitative estimate of drug-likeness (QED) is 0.210. The lowest BCUT2D eigenvalue weighted by Crippen LogP contribution is -2.43. The van der Waals surface area contributed by atoms with E-state index in [0.29, 0.717) is 56.3 Å². The highest BCUT2D eigenvalue weighted by Crippen LogP contribution is 2.39. The molecule has 2 aliphatic carbocycles. The normalized spacial score (nSPS) is 21.8. The molecule has 2 amide bonds. The monoisotopic (exact) mass is 661 g/mol. The van der Waals surface area contributed by atoms with E-state index in [0.717, 1.165) is 48.1 Å². The van der Waals surface area contributed by atoms with Crippen molar-refractivity contribution in [2.75, 3.05) is 25.2 Å². The van der Waals surface area contributed by atoms with E-state index < -0.39 is 18.8 Å². The second kappa shape index (κ2) is 16.4. The lowest BCUT2D eigenvalue weighted by Gasteiger charge is -2.35. The van der Waals surface area contributed by atoms with E-state index in [1.165, 1.54) is 5.56 Å². The van der Waals surface area contributed by atoms with Gasteiger partial charge in [0.2, 0.25) is 5.91 Å². The van der Waals surface area contributed by atoms with Crippen molar-refractivity contribution in [3.63, 3.8) is 0 Å². The summed E-state index contributed by atoms with van der Waals surface area (Å²) >= 11 is 0. The molecule has 1 atom stereocenters. The van der Waals surface area contributed by atoms with E-state index in [-0.39, 0.29) is 24.0 Å². The molecule has 1 unspecified atom stereocenters. The Hall–Kier alpha value is -3.95. The molecular weight excluding hydrogens is 609 g/mol. The van der Waals surface area contributed by atoms with Gasteiger partial charge in [-0.3, -0.25) is 14.4 Å². The minimum atomic E-state index is -0.624. The second-order valence-corrected chi connectivity index (χ2v) is 13.9. The molecule has 2 heterocycles. The topological polar surface area (TPSA) is 98.6 Å². The van der Waals surface area contributed by atoms with E-state index in [9.17, 15) is 14.0 Å². The van der Waals surface area contributed by atoms with Gasteiger partial charge in [-0.05, 0) is 125 Å². The number of carbonyl (C=O) groups excluding carboxylic acids is 2. The first-order valence-electron chi connectivity index (χ1n) is 17.7. The van der Waals surface area contributed by atoms with Crippen molar-refractivity contribution in [3.05, 3.63) is 60.0 Å². The number of hydrogen-bond acceptors (Lipinski definition) is 6. The SMILES string of the molecule is CCC(CF)NC(=O)OC1CCC(C(=O)N(CC2CCC(c3ccc(OC)c(C)c3)CC2)c2cc(-c3cnn(C(C)C)c3)ccn2)CC1. The number of ether oxygens (including phenoxy) is 2. The lowest BCUT2D eigenvalue weighted by atomic mass is 9.78. The number of amides is 2. The zero-order valence-electron chi connectivity index (χ0n) is 29.2.